The Morgan fingerprint density at radius 1 is 0.769 bits per heavy atom. The van der Waals surface area contributed by atoms with E-state index < -0.39 is 0 Å². The summed E-state index contributed by atoms with van der Waals surface area (Å²) >= 11 is 0. The lowest BCUT2D eigenvalue weighted by Gasteiger charge is -2.15. The molecular formula is C40H44N8O4. The van der Waals surface area contributed by atoms with Crippen molar-refractivity contribution < 1.29 is 19.5 Å². The molecule has 52 heavy (non-hydrogen) atoms. The van der Waals surface area contributed by atoms with E-state index in [-0.39, 0.29) is 37.2 Å². The fourth-order valence-corrected chi connectivity index (χ4v) is 6.24. The van der Waals surface area contributed by atoms with Crippen molar-refractivity contribution in [2.45, 2.75) is 25.9 Å². The van der Waals surface area contributed by atoms with Crippen LogP contribution in [0.15, 0.2) is 91.3 Å². The maximum atomic E-state index is 13.0. The summed E-state index contributed by atoms with van der Waals surface area (Å²) < 4.78 is 3.69. The third-order valence-electron chi connectivity index (χ3n) is 8.79. The normalized spacial score (nSPS) is 11.3. The molecule has 0 spiro atoms. The molecule has 0 saturated carbocycles. The molecular weight excluding hydrogens is 656 g/mol. The van der Waals surface area contributed by atoms with E-state index in [0.717, 1.165) is 45.3 Å². The fourth-order valence-electron chi connectivity index (χ4n) is 6.24. The van der Waals surface area contributed by atoms with Gasteiger partial charge in [-0.05, 0) is 68.5 Å². The maximum absolute atomic E-state index is 13.0. The van der Waals surface area contributed by atoms with Gasteiger partial charge < -0.3 is 40.4 Å². The highest BCUT2D eigenvalue weighted by Crippen LogP contribution is 2.34. The number of nitrogens with one attached hydrogen (secondary N) is 4. The average Bonchev–Trinajstić information content (AvgIpc) is 3.68. The maximum Gasteiger partial charge on any atom is 0.267 e. The molecule has 0 unspecified atom stereocenters. The fraction of sp³-hybridized carbons (Fsp3) is 0.250. The summed E-state index contributed by atoms with van der Waals surface area (Å²) in [5.74, 6) is -0.584. The highest BCUT2D eigenvalue weighted by atomic mass is 16.3. The number of hydrogen-bond donors (Lipinski definition) is 5. The highest BCUT2D eigenvalue weighted by molar-refractivity contribution is 6.08. The molecule has 0 radical (unpaired) electrons. The van der Waals surface area contributed by atoms with Crippen molar-refractivity contribution >= 4 is 62.3 Å². The summed E-state index contributed by atoms with van der Waals surface area (Å²) in [4.78, 5) is 45.3. The van der Waals surface area contributed by atoms with Crippen molar-refractivity contribution in [1.29, 1.82) is 0 Å². The van der Waals surface area contributed by atoms with Crippen molar-refractivity contribution in [2.24, 2.45) is 14.1 Å². The number of fused-ring (bicyclic) bond motifs is 2. The Morgan fingerprint density at radius 2 is 1.40 bits per heavy atom. The molecule has 268 valence electrons. The number of aliphatic hydroxyl groups excluding tert-OH is 1. The zero-order valence-corrected chi connectivity index (χ0v) is 29.9. The van der Waals surface area contributed by atoms with Gasteiger partial charge in [0.05, 0.1) is 34.7 Å². The van der Waals surface area contributed by atoms with Crippen LogP contribution in [0, 0.1) is 0 Å². The first-order chi connectivity index (χ1) is 25.1. The Kier molecular flexibility index (Phi) is 11.0. The van der Waals surface area contributed by atoms with Crippen LogP contribution in [-0.2, 0) is 30.3 Å². The molecule has 0 aliphatic rings. The van der Waals surface area contributed by atoms with Gasteiger partial charge in [-0.2, -0.15) is 0 Å². The van der Waals surface area contributed by atoms with Gasteiger partial charge in [0.25, 0.3) is 5.91 Å². The first-order valence-corrected chi connectivity index (χ1v) is 17.2. The van der Waals surface area contributed by atoms with Gasteiger partial charge in [-0.15, -0.1) is 0 Å². The van der Waals surface area contributed by atoms with Gasteiger partial charge in [0.1, 0.15) is 5.69 Å². The van der Waals surface area contributed by atoms with Gasteiger partial charge in [-0.3, -0.25) is 14.4 Å². The van der Waals surface area contributed by atoms with Crippen LogP contribution in [0.2, 0.25) is 0 Å². The molecule has 5 N–H and O–H groups in total. The zero-order chi connectivity index (χ0) is 36.8. The zero-order valence-electron chi connectivity index (χ0n) is 29.9. The number of rotatable bonds is 14. The van der Waals surface area contributed by atoms with Crippen molar-refractivity contribution in [2.75, 3.05) is 43.1 Å². The number of likely N-dealkylation sites (N-methyl/N-ethyl adjacent to an activating group) is 1. The van der Waals surface area contributed by atoms with Crippen LogP contribution in [0.1, 0.15) is 35.3 Å². The number of nitrogens with zero attached hydrogens (tertiary/aromatic N) is 4. The summed E-state index contributed by atoms with van der Waals surface area (Å²) in [6.07, 6.45) is 4.36. The average molecular weight is 701 g/mol. The number of benzene rings is 3. The van der Waals surface area contributed by atoms with Crippen molar-refractivity contribution in [1.82, 2.24) is 24.3 Å². The largest absolute Gasteiger partial charge is 0.392 e. The predicted molar refractivity (Wildman–Crippen MR) is 207 cm³/mol. The second kappa shape index (κ2) is 15.9. The molecule has 0 aliphatic heterocycles. The lowest BCUT2D eigenvalue weighted by atomic mass is 10.1. The highest BCUT2D eigenvalue weighted by Gasteiger charge is 2.16. The number of hydrogen-bond acceptors (Lipinski definition) is 7. The molecule has 6 aromatic rings. The number of carbonyl (C=O) groups is 3. The van der Waals surface area contributed by atoms with E-state index in [1.165, 1.54) is 0 Å². The van der Waals surface area contributed by atoms with Crippen LogP contribution in [0.25, 0.3) is 33.1 Å². The number of amides is 3. The SMILES string of the molecule is CN(C)CCNC(=O)c1cc(-c2cc(NC(=O)CCCC(=O)Nc3cc(CO)cc(Nc4c5ccccc5nc5ccccc45)c3)cn2C)cn1C. The monoisotopic (exact) mass is 700 g/mol. The Balaban J connectivity index is 1.05. The molecule has 0 saturated heterocycles. The third-order valence-corrected chi connectivity index (χ3v) is 8.79. The quantitative estimate of drug-likeness (QED) is 0.0876. The first-order valence-electron chi connectivity index (χ1n) is 17.2. The Bertz CT molecular complexity index is 2200. The number of aryl methyl sites for hydroxylation is 2. The van der Waals surface area contributed by atoms with Gasteiger partial charge in [-0.25, -0.2) is 4.98 Å². The number of aromatic nitrogens is 3. The summed E-state index contributed by atoms with van der Waals surface area (Å²) in [6.45, 7) is 1.09. The Labute approximate surface area is 302 Å². The molecule has 0 aliphatic carbocycles. The van der Waals surface area contributed by atoms with Crippen LogP contribution in [-0.4, -0.2) is 69.0 Å². The minimum atomic E-state index is -0.235. The minimum absolute atomic E-state index is 0.141. The van der Waals surface area contributed by atoms with E-state index in [9.17, 15) is 19.5 Å². The van der Waals surface area contributed by atoms with Gasteiger partial charge in [0.15, 0.2) is 0 Å². The standard InChI is InChI=1S/C40H44N8O4/c1-46(2)17-16-41-40(52)36-20-27(23-47(36)3)35-22-30(24-48(35)4)43-38(51)15-9-14-37(50)42-28-18-26(25-49)19-29(21-28)44-39-31-10-5-7-12-33(31)45-34-13-8-6-11-32(34)39/h5-8,10-13,18-24,49H,9,14-17,25H2,1-4H3,(H,41,52)(H,42,50)(H,43,51)(H,44,45). The van der Waals surface area contributed by atoms with Crippen LogP contribution in [0.3, 0.4) is 0 Å². The van der Waals surface area contributed by atoms with Gasteiger partial charge in [-0.1, -0.05) is 36.4 Å². The topological polar surface area (TPSA) is 146 Å². The van der Waals surface area contributed by atoms with E-state index in [0.29, 0.717) is 41.3 Å². The van der Waals surface area contributed by atoms with E-state index in [2.05, 4.69) is 21.3 Å². The van der Waals surface area contributed by atoms with E-state index in [1.54, 1.807) is 10.6 Å². The number of carbonyl (C=O) groups excluding carboxylic acids is 3. The predicted octanol–water partition coefficient (Wildman–Crippen LogP) is 6.01. The van der Waals surface area contributed by atoms with Crippen molar-refractivity contribution in [3.8, 4) is 11.3 Å². The van der Waals surface area contributed by atoms with Crippen molar-refractivity contribution in [3.63, 3.8) is 0 Å². The Morgan fingerprint density at radius 3 is 2.06 bits per heavy atom. The molecule has 0 atom stereocenters. The first kappa shape index (κ1) is 35.8. The number of aliphatic hydroxyl groups is 1. The summed E-state index contributed by atoms with van der Waals surface area (Å²) in [6, 6.07) is 24.9. The molecule has 3 aromatic heterocycles. The lowest BCUT2D eigenvalue weighted by molar-refractivity contribution is -0.117. The van der Waals surface area contributed by atoms with Crippen LogP contribution < -0.4 is 21.3 Å². The number of anilines is 4. The lowest BCUT2D eigenvalue weighted by Crippen LogP contribution is -2.32. The summed E-state index contributed by atoms with van der Waals surface area (Å²) in [5, 5.41) is 24.2. The minimum Gasteiger partial charge on any atom is -0.392 e. The van der Waals surface area contributed by atoms with E-state index >= 15 is 0 Å². The van der Waals surface area contributed by atoms with Crippen LogP contribution in [0.5, 0.6) is 0 Å². The molecule has 12 heteroatoms. The smallest absolute Gasteiger partial charge is 0.267 e. The molecule has 0 bridgehead atoms. The second-order valence-electron chi connectivity index (χ2n) is 13.2. The molecule has 3 aromatic carbocycles. The van der Waals surface area contributed by atoms with Gasteiger partial charge in [0.2, 0.25) is 11.8 Å². The molecule has 3 amide bonds. The number of para-hydroxylation sites is 2. The second-order valence-corrected chi connectivity index (χ2v) is 13.2. The van der Waals surface area contributed by atoms with Crippen LogP contribution in [0.4, 0.5) is 22.7 Å². The number of pyridine rings is 1. The summed E-state index contributed by atoms with van der Waals surface area (Å²) in [7, 11) is 7.62. The molecule has 0 fully saturated rings. The Hall–Kier alpha value is -5.98. The third kappa shape index (κ3) is 8.48. The molecule has 12 nitrogen and oxygen atoms in total. The summed E-state index contributed by atoms with van der Waals surface area (Å²) in [5.41, 5.74) is 7.36. The van der Waals surface area contributed by atoms with E-state index in [1.807, 2.05) is 123 Å². The molecule has 6 rings (SSSR count). The van der Waals surface area contributed by atoms with Crippen molar-refractivity contribution in [3.05, 3.63) is 103 Å². The van der Waals surface area contributed by atoms with Crippen LogP contribution >= 0.6 is 0 Å². The van der Waals surface area contributed by atoms with Gasteiger partial charge >= 0.3 is 0 Å². The van der Waals surface area contributed by atoms with E-state index in [4.69, 9.17) is 4.98 Å². The van der Waals surface area contributed by atoms with Gasteiger partial charge in [0, 0.05) is 80.1 Å². The molecule has 3 heterocycles.